The molecule has 1 aromatic rings. The first kappa shape index (κ1) is 14.4. The highest BCUT2D eigenvalue weighted by Gasteiger charge is 2.16. The van der Waals surface area contributed by atoms with Crippen molar-refractivity contribution in [1.29, 1.82) is 0 Å². The summed E-state index contributed by atoms with van der Waals surface area (Å²) in [7, 11) is 0. The molecule has 0 atom stereocenters. The highest BCUT2D eigenvalue weighted by Crippen LogP contribution is 2.17. The summed E-state index contributed by atoms with van der Waals surface area (Å²) in [6.07, 6.45) is 1.70. The second-order valence-electron chi connectivity index (χ2n) is 4.47. The Hall–Kier alpha value is -2.01. The first-order valence-electron chi connectivity index (χ1n) is 6.73. The normalized spacial score (nSPS) is 14.7. The first-order chi connectivity index (χ1) is 9.79. The highest BCUT2D eigenvalue weighted by atomic mass is 16.5. The van der Waals surface area contributed by atoms with Crippen LogP contribution in [0.5, 0.6) is 5.75 Å². The van der Waals surface area contributed by atoms with Crippen LogP contribution in [0.25, 0.3) is 0 Å². The van der Waals surface area contributed by atoms with E-state index in [1.807, 2.05) is 29.2 Å². The van der Waals surface area contributed by atoms with E-state index in [1.165, 1.54) is 0 Å². The molecule has 0 spiro atoms. The molecule has 20 heavy (non-hydrogen) atoms. The van der Waals surface area contributed by atoms with Gasteiger partial charge in [-0.15, -0.1) is 0 Å². The summed E-state index contributed by atoms with van der Waals surface area (Å²) < 4.78 is 10.7. The third kappa shape index (κ3) is 4.28. The van der Waals surface area contributed by atoms with Gasteiger partial charge in [0.25, 0.3) is 0 Å². The van der Waals surface area contributed by atoms with E-state index in [0.717, 1.165) is 11.4 Å². The molecule has 1 aliphatic rings. The lowest BCUT2D eigenvalue weighted by Crippen LogP contribution is -2.43. The number of carbonyl (C=O) groups excluding carboxylic acids is 1. The second kappa shape index (κ2) is 7.55. The van der Waals surface area contributed by atoms with Gasteiger partial charge in [-0.3, -0.25) is 4.79 Å². The van der Waals surface area contributed by atoms with Crippen molar-refractivity contribution in [2.45, 2.75) is 0 Å². The molecule has 1 aliphatic heterocycles. The summed E-state index contributed by atoms with van der Waals surface area (Å²) in [6, 6.07) is 7.54. The van der Waals surface area contributed by atoms with E-state index < -0.39 is 0 Å². The van der Waals surface area contributed by atoms with E-state index >= 15 is 0 Å². The van der Waals surface area contributed by atoms with Crippen molar-refractivity contribution in [2.24, 2.45) is 0 Å². The number of ether oxygens (including phenoxy) is 2. The number of morpholine rings is 1. The average Bonchev–Trinajstić information content (AvgIpc) is 2.52. The van der Waals surface area contributed by atoms with Crippen LogP contribution in [0.1, 0.15) is 0 Å². The fraction of sp³-hybridized carbons (Fsp3) is 0.400. The Balaban J connectivity index is 1.83. The topological polar surface area (TPSA) is 50.8 Å². The van der Waals surface area contributed by atoms with Gasteiger partial charge in [0.15, 0.2) is 0 Å². The Morgan fingerprint density at radius 3 is 3.00 bits per heavy atom. The van der Waals surface area contributed by atoms with Crippen molar-refractivity contribution >= 4 is 11.6 Å². The van der Waals surface area contributed by atoms with Crippen LogP contribution in [0.4, 0.5) is 5.69 Å². The summed E-state index contributed by atoms with van der Waals surface area (Å²) >= 11 is 0. The SMILES string of the molecule is C=CCOc1cccc(NCC(=O)N2CCOCC2)c1. The third-order valence-electron chi connectivity index (χ3n) is 3.01. The maximum Gasteiger partial charge on any atom is 0.242 e. The first-order valence-corrected chi connectivity index (χ1v) is 6.73. The number of nitrogens with zero attached hydrogens (tertiary/aromatic N) is 1. The largest absolute Gasteiger partial charge is 0.489 e. The molecule has 5 heteroatoms. The lowest BCUT2D eigenvalue weighted by molar-refractivity contribution is -0.133. The zero-order valence-corrected chi connectivity index (χ0v) is 11.5. The fourth-order valence-corrected chi connectivity index (χ4v) is 1.95. The van der Waals surface area contributed by atoms with Gasteiger partial charge >= 0.3 is 0 Å². The molecule has 0 aromatic heterocycles. The number of hydrogen-bond donors (Lipinski definition) is 1. The summed E-state index contributed by atoms with van der Waals surface area (Å²) in [6.45, 7) is 6.94. The van der Waals surface area contributed by atoms with Crippen molar-refractivity contribution in [3.8, 4) is 5.75 Å². The number of anilines is 1. The summed E-state index contributed by atoms with van der Waals surface area (Å²) in [4.78, 5) is 13.8. The molecule has 108 valence electrons. The van der Waals surface area contributed by atoms with E-state index in [4.69, 9.17) is 9.47 Å². The zero-order chi connectivity index (χ0) is 14.2. The zero-order valence-electron chi connectivity index (χ0n) is 11.5. The monoisotopic (exact) mass is 276 g/mol. The van der Waals surface area contributed by atoms with Gasteiger partial charge in [0.05, 0.1) is 19.8 Å². The molecule has 1 N–H and O–H groups in total. The standard InChI is InChI=1S/C15H20N2O3/c1-2-8-20-14-5-3-4-13(11-14)16-12-15(18)17-6-9-19-10-7-17/h2-5,11,16H,1,6-10,12H2. The molecule has 5 nitrogen and oxygen atoms in total. The van der Waals surface area contributed by atoms with Crippen LogP contribution in [-0.2, 0) is 9.53 Å². The molecule has 0 saturated carbocycles. The average molecular weight is 276 g/mol. The van der Waals surface area contributed by atoms with Crippen molar-refractivity contribution in [3.05, 3.63) is 36.9 Å². The lowest BCUT2D eigenvalue weighted by atomic mass is 10.3. The van der Waals surface area contributed by atoms with Crippen LogP contribution in [0.3, 0.4) is 0 Å². The molecule has 0 bridgehead atoms. The third-order valence-corrected chi connectivity index (χ3v) is 3.01. The number of hydrogen-bond acceptors (Lipinski definition) is 4. The summed E-state index contributed by atoms with van der Waals surface area (Å²) in [5.74, 6) is 0.847. The molecular formula is C15H20N2O3. The molecule has 1 saturated heterocycles. The molecular weight excluding hydrogens is 256 g/mol. The molecule has 0 aliphatic carbocycles. The molecule has 1 aromatic carbocycles. The van der Waals surface area contributed by atoms with Crippen molar-refractivity contribution in [1.82, 2.24) is 4.90 Å². The highest BCUT2D eigenvalue weighted by molar-refractivity contribution is 5.81. The number of amides is 1. The Morgan fingerprint density at radius 2 is 2.25 bits per heavy atom. The maximum atomic E-state index is 12.0. The lowest BCUT2D eigenvalue weighted by Gasteiger charge is -2.27. The van der Waals surface area contributed by atoms with Crippen LogP contribution in [0.15, 0.2) is 36.9 Å². The van der Waals surface area contributed by atoms with Crippen LogP contribution in [0.2, 0.25) is 0 Å². The van der Waals surface area contributed by atoms with E-state index in [9.17, 15) is 4.79 Å². The smallest absolute Gasteiger partial charge is 0.242 e. The number of nitrogens with one attached hydrogen (secondary N) is 1. The Morgan fingerprint density at radius 1 is 1.45 bits per heavy atom. The van der Waals surface area contributed by atoms with Gasteiger partial charge in [-0.05, 0) is 12.1 Å². The molecule has 2 rings (SSSR count). The van der Waals surface area contributed by atoms with E-state index in [1.54, 1.807) is 6.08 Å². The molecule has 1 amide bonds. The van der Waals surface area contributed by atoms with Gasteiger partial charge in [0, 0.05) is 24.8 Å². The summed E-state index contributed by atoms with van der Waals surface area (Å²) in [5, 5.41) is 3.12. The molecule has 0 radical (unpaired) electrons. The summed E-state index contributed by atoms with van der Waals surface area (Å²) in [5.41, 5.74) is 0.869. The number of rotatable bonds is 6. The van der Waals surface area contributed by atoms with E-state index in [0.29, 0.717) is 32.9 Å². The van der Waals surface area contributed by atoms with Gasteiger partial charge in [-0.1, -0.05) is 18.7 Å². The van der Waals surface area contributed by atoms with Gasteiger partial charge in [-0.2, -0.15) is 0 Å². The molecule has 1 fully saturated rings. The Kier molecular flexibility index (Phi) is 5.43. The van der Waals surface area contributed by atoms with Crippen molar-refractivity contribution < 1.29 is 14.3 Å². The minimum absolute atomic E-state index is 0.0886. The maximum absolute atomic E-state index is 12.0. The minimum Gasteiger partial charge on any atom is -0.489 e. The predicted octanol–water partition coefficient (Wildman–Crippen LogP) is 1.52. The van der Waals surface area contributed by atoms with Gasteiger partial charge in [0.1, 0.15) is 12.4 Å². The van der Waals surface area contributed by atoms with Crippen LogP contribution in [-0.4, -0.2) is 50.3 Å². The van der Waals surface area contributed by atoms with Crippen molar-refractivity contribution in [2.75, 3.05) is 44.8 Å². The van der Waals surface area contributed by atoms with Gasteiger partial charge < -0.3 is 19.7 Å². The van der Waals surface area contributed by atoms with Crippen LogP contribution >= 0.6 is 0 Å². The van der Waals surface area contributed by atoms with Crippen LogP contribution in [0, 0.1) is 0 Å². The quantitative estimate of drug-likeness (QED) is 0.800. The number of carbonyl (C=O) groups is 1. The Labute approximate surface area is 119 Å². The second-order valence-corrected chi connectivity index (χ2v) is 4.47. The van der Waals surface area contributed by atoms with Crippen LogP contribution < -0.4 is 10.1 Å². The van der Waals surface area contributed by atoms with Gasteiger partial charge in [0.2, 0.25) is 5.91 Å². The molecule has 0 unspecified atom stereocenters. The van der Waals surface area contributed by atoms with Gasteiger partial charge in [-0.25, -0.2) is 0 Å². The van der Waals surface area contributed by atoms with Crippen molar-refractivity contribution in [3.63, 3.8) is 0 Å². The predicted molar refractivity (Wildman–Crippen MR) is 78.0 cm³/mol. The fourth-order valence-electron chi connectivity index (χ4n) is 1.95. The minimum atomic E-state index is 0.0886. The number of benzene rings is 1. The molecule has 1 heterocycles. The van der Waals surface area contributed by atoms with E-state index in [2.05, 4.69) is 11.9 Å². The van der Waals surface area contributed by atoms with E-state index in [-0.39, 0.29) is 12.5 Å². The Bertz CT molecular complexity index is 456.